The molecule has 19 heavy (non-hydrogen) atoms. The summed E-state index contributed by atoms with van der Waals surface area (Å²) >= 11 is 0. The molecule has 0 unspecified atom stereocenters. The first-order valence-corrected chi connectivity index (χ1v) is 5.86. The molecular weight excluding hydrogens is 242 g/mol. The third-order valence-electron chi connectivity index (χ3n) is 3.32. The summed E-state index contributed by atoms with van der Waals surface area (Å²) in [7, 11) is 1.52. The average molecular weight is 253 g/mol. The molecule has 1 heterocycles. The molecule has 0 saturated carbocycles. The van der Waals surface area contributed by atoms with Gasteiger partial charge in [0, 0.05) is 17.3 Å². The van der Waals surface area contributed by atoms with Gasteiger partial charge in [-0.25, -0.2) is 0 Å². The van der Waals surface area contributed by atoms with Gasteiger partial charge in [-0.1, -0.05) is 0 Å². The number of carbonyl (C=O) groups excluding carboxylic acids is 2. The highest BCUT2D eigenvalue weighted by atomic mass is 16.5. The Bertz CT molecular complexity index is 719. The van der Waals surface area contributed by atoms with Crippen molar-refractivity contribution in [3.63, 3.8) is 0 Å². The Balaban J connectivity index is 2.36. The summed E-state index contributed by atoms with van der Waals surface area (Å²) in [4.78, 5) is 28.6. The summed E-state index contributed by atoms with van der Waals surface area (Å²) < 4.78 is 5.09. The number of fused-ring (bicyclic) bond motifs is 3. The molecular formula is C15H11NO3. The minimum atomic E-state index is -0.502. The number of hydrogen-bond acceptors (Lipinski definition) is 4. The normalized spacial score (nSPS) is 12.9. The number of carbonyl (C=O) groups is 2. The van der Waals surface area contributed by atoms with E-state index < -0.39 is 11.6 Å². The minimum Gasteiger partial charge on any atom is -0.497 e. The summed E-state index contributed by atoms with van der Waals surface area (Å²) in [6.07, 6.45) is 1.64. The fourth-order valence-electron chi connectivity index (χ4n) is 2.33. The second-order valence-corrected chi connectivity index (χ2v) is 4.42. The van der Waals surface area contributed by atoms with Crippen molar-refractivity contribution in [3.05, 3.63) is 47.2 Å². The molecule has 0 fully saturated rings. The number of nitrogens with zero attached hydrogens (tertiary/aromatic N) is 1. The van der Waals surface area contributed by atoms with Crippen LogP contribution in [-0.2, 0) is 0 Å². The highest BCUT2D eigenvalue weighted by Crippen LogP contribution is 2.35. The Morgan fingerprint density at radius 2 is 1.84 bits per heavy atom. The SMILES string of the molecule is COc1ccc2c(c1)C(=O)C(=O)c1c(C)ccnc1-2. The van der Waals surface area contributed by atoms with Gasteiger partial charge in [0.25, 0.3) is 0 Å². The molecule has 0 saturated heterocycles. The quantitative estimate of drug-likeness (QED) is 0.732. The van der Waals surface area contributed by atoms with E-state index >= 15 is 0 Å². The second kappa shape index (κ2) is 4.02. The summed E-state index contributed by atoms with van der Waals surface area (Å²) in [6, 6.07) is 6.85. The highest BCUT2D eigenvalue weighted by molar-refractivity contribution is 6.53. The second-order valence-electron chi connectivity index (χ2n) is 4.42. The lowest BCUT2D eigenvalue weighted by molar-refractivity contribution is 0.0814. The first-order valence-electron chi connectivity index (χ1n) is 5.86. The van der Waals surface area contributed by atoms with Gasteiger partial charge in [0.05, 0.1) is 18.4 Å². The molecule has 4 heteroatoms. The van der Waals surface area contributed by atoms with Gasteiger partial charge in [-0.2, -0.15) is 0 Å². The van der Waals surface area contributed by atoms with Gasteiger partial charge < -0.3 is 4.74 Å². The molecule has 0 aliphatic heterocycles. The van der Waals surface area contributed by atoms with Crippen LogP contribution in [0.3, 0.4) is 0 Å². The lowest BCUT2D eigenvalue weighted by Crippen LogP contribution is -2.23. The Kier molecular flexibility index (Phi) is 2.45. The molecule has 3 rings (SSSR count). The van der Waals surface area contributed by atoms with Gasteiger partial charge in [0.2, 0.25) is 11.6 Å². The lowest BCUT2D eigenvalue weighted by Gasteiger charge is -2.18. The number of Topliss-reactive ketones (excluding diaryl/α,β-unsaturated/α-hetero) is 2. The number of methoxy groups -OCH3 is 1. The van der Waals surface area contributed by atoms with Crippen LogP contribution < -0.4 is 4.74 Å². The van der Waals surface area contributed by atoms with Gasteiger partial charge in [0.15, 0.2) is 0 Å². The van der Waals surface area contributed by atoms with E-state index in [-0.39, 0.29) is 0 Å². The van der Waals surface area contributed by atoms with Crippen molar-refractivity contribution in [3.8, 4) is 17.0 Å². The third kappa shape index (κ3) is 1.57. The van der Waals surface area contributed by atoms with Gasteiger partial charge in [0.1, 0.15) is 5.75 Å². The van der Waals surface area contributed by atoms with Crippen LogP contribution in [0.15, 0.2) is 30.5 Å². The number of hydrogen-bond donors (Lipinski definition) is 0. The van der Waals surface area contributed by atoms with Gasteiger partial charge in [-0.05, 0) is 36.8 Å². The fourth-order valence-corrected chi connectivity index (χ4v) is 2.33. The van der Waals surface area contributed by atoms with E-state index in [1.807, 2.05) is 0 Å². The van der Waals surface area contributed by atoms with Crippen LogP contribution in [0.1, 0.15) is 26.3 Å². The van der Waals surface area contributed by atoms with Crippen molar-refractivity contribution in [1.82, 2.24) is 4.98 Å². The van der Waals surface area contributed by atoms with Gasteiger partial charge >= 0.3 is 0 Å². The Labute approximate surface area is 110 Å². The van der Waals surface area contributed by atoms with Crippen LogP contribution in [-0.4, -0.2) is 23.7 Å². The van der Waals surface area contributed by atoms with E-state index in [1.165, 1.54) is 7.11 Å². The third-order valence-corrected chi connectivity index (χ3v) is 3.32. The van der Waals surface area contributed by atoms with Crippen LogP contribution in [0.2, 0.25) is 0 Å². The molecule has 0 bridgehead atoms. The Morgan fingerprint density at radius 3 is 2.58 bits per heavy atom. The van der Waals surface area contributed by atoms with Crippen LogP contribution >= 0.6 is 0 Å². The fraction of sp³-hybridized carbons (Fsp3) is 0.133. The van der Waals surface area contributed by atoms with E-state index in [1.54, 1.807) is 37.4 Å². The minimum absolute atomic E-state index is 0.356. The highest BCUT2D eigenvalue weighted by Gasteiger charge is 2.32. The largest absolute Gasteiger partial charge is 0.497 e. The smallest absolute Gasteiger partial charge is 0.236 e. The van der Waals surface area contributed by atoms with Crippen LogP contribution in [0.4, 0.5) is 0 Å². The predicted octanol–water partition coefficient (Wildman–Crippen LogP) is 2.44. The van der Waals surface area contributed by atoms with Gasteiger partial charge in [-0.3, -0.25) is 14.6 Å². The van der Waals surface area contributed by atoms with E-state index in [9.17, 15) is 9.59 Å². The molecule has 2 aromatic rings. The van der Waals surface area contributed by atoms with E-state index in [0.29, 0.717) is 28.1 Å². The number of rotatable bonds is 1. The lowest BCUT2D eigenvalue weighted by atomic mass is 9.85. The monoisotopic (exact) mass is 253 g/mol. The zero-order valence-corrected chi connectivity index (χ0v) is 10.6. The topological polar surface area (TPSA) is 56.3 Å². The molecule has 0 atom stereocenters. The van der Waals surface area contributed by atoms with E-state index in [0.717, 1.165) is 5.56 Å². The zero-order valence-electron chi connectivity index (χ0n) is 10.6. The van der Waals surface area contributed by atoms with Crippen molar-refractivity contribution in [2.75, 3.05) is 7.11 Å². The summed E-state index contributed by atoms with van der Waals surface area (Å²) in [5.74, 6) is -0.449. The Morgan fingerprint density at radius 1 is 1.05 bits per heavy atom. The molecule has 0 spiro atoms. The molecule has 1 aromatic carbocycles. The summed E-state index contributed by atoms with van der Waals surface area (Å²) in [5.41, 5.74) is 2.79. The van der Waals surface area contributed by atoms with E-state index in [2.05, 4.69) is 4.98 Å². The first-order chi connectivity index (χ1) is 9.13. The maximum Gasteiger partial charge on any atom is 0.236 e. The standard InChI is InChI=1S/C15H11NO3/c1-8-5-6-16-13-10-4-3-9(19-2)7-11(10)14(17)15(18)12(8)13/h3-7H,1-2H3. The van der Waals surface area contributed by atoms with Crippen molar-refractivity contribution in [2.24, 2.45) is 0 Å². The van der Waals surface area contributed by atoms with Gasteiger partial charge in [-0.15, -0.1) is 0 Å². The number of benzene rings is 1. The molecule has 1 aliphatic carbocycles. The Hall–Kier alpha value is -2.49. The number of ketones is 2. The van der Waals surface area contributed by atoms with Crippen molar-refractivity contribution in [2.45, 2.75) is 6.92 Å². The van der Waals surface area contributed by atoms with Crippen LogP contribution in [0.25, 0.3) is 11.3 Å². The first kappa shape index (κ1) is 11.6. The van der Waals surface area contributed by atoms with E-state index in [4.69, 9.17) is 4.74 Å². The average Bonchev–Trinajstić information content (AvgIpc) is 2.44. The predicted molar refractivity (Wildman–Crippen MR) is 69.6 cm³/mol. The maximum absolute atomic E-state index is 12.2. The molecule has 0 N–H and O–H groups in total. The zero-order chi connectivity index (χ0) is 13.6. The molecule has 1 aliphatic rings. The van der Waals surface area contributed by atoms with Crippen LogP contribution in [0.5, 0.6) is 5.75 Å². The molecule has 4 nitrogen and oxygen atoms in total. The maximum atomic E-state index is 12.2. The molecule has 0 amide bonds. The number of aromatic nitrogens is 1. The molecule has 94 valence electrons. The molecule has 1 aromatic heterocycles. The summed E-state index contributed by atoms with van der Waals surface area (Å²) in [5, 5.41) is 0. The molecule has 0 radical (unpaired) electrons. The van der Waals surface area contributed by atoms with Crippen molar-refractivity contribution < 1.29 is 14.3 Å². The number of ether oxygens (including phenoxy) is 1. The van der Waals surface area contributed by atoms with Crippen molar-refractivity contribution >= 4 is 11.6 Å². The number of pyridine rings is 1. The summed E-state index contributed by atoms with van der Waals surface area (Å²) in [6.45, 7) is 1.81. The number of aryl methyl sites for hydroxylation is 1. The van der Waals surface area contributed by atoms with Crippen molar-refractivity contribution in [1.29, 1.82) is 0 Å². The van der Waals surface area contributed by atoms with Crippen LogP contribution in [0, 0.1) is 6.92 Å².